The van der Waals surface area contributed by atoms with Crippen molar-refractivity contribution in [2.75, 3.05) is 6.61 Å². The normalized spacial score (nSPS) is 23.0. The minimum atomic E-state index is -0.860. The Morgan fingerprint density at radius 3 is 2.73 bits per heavy atom. The molecule has 0 radical (unpaired) electrons. The number of benzene rings is 1. The van der Waals surface area contributed by atoms with Crippen LogP contribution in [0.15, 0.2) is 18.2 Å². The molecular weight excluding hydrogens is 200 g/mol. The average Bonchev–Trinajstić information content (AvgIpc) is 2.74. The third kappa shape index (κ3) is 2.16. The lowest BCUT2D eigenvalue weighted by molar-refractivity contribution is 0.0899. The van der Waals surface area contributed by atoms with Crippen LogP contribution in [0.3, 0.4) is 0 Å². The van der Waals surface area contributed by atoms with Gasteiger partial charge in [-0.25, -0.2) is 8.78 Å². The van der Waals surface area contributed by atoms with Gasteiger partial charge in [-0.05, 0) is 30.5 Å². The Hall–Kier alpha value is -1.00. The van der Waals surface area contributed by atoms with Gasteiger partial charge in [0.15, 0.2) is 11.6 Å². The van der Waals surface area contributed by atoms with Gasteiger partial charge in [-0.2, -0.15) is 0 Å². The molecular formula is C11H13F2NO. The van der Waals surface area contributed by atoms with Gasteiger partial charge in [-0.3, -0.25) is 0 Å². The van der Waals surface area contributed by atoms with Crippen molar-refractivity contribution in [3.63, 3.8) is 0 Å². The van der Waals surface area contributed by atoms with Crippen LogP contribution in [0, 0.1) is 11.6 Å². The van der Waals surface area contributed by atoms with E-state index in [1.807, 2.05) is 0 Å². The maximum absolute atomic E-state index is 13.0. The minimum Gasteiger partial charge on any atom is -0.376 e. The molecule has 1 aliphatic rings. The third-order valence-corrected chi connectivity index (χ3v) is 2.69. The molecule has 4 heteroatoms. The number of hydrogen-bond acceptors (Lipinski definition) is 2. The summed E-state index contributed by atoms with van der Waals surface area (Å²) < 4.78 is 31.0. The van der Waals surface area contributed by atoms with Crippen molar-refractivity contribution in [1.29, 1.82) is 0 Å². The summed E-state index contributed by atoms with van der Waals surface area (Å²) in [5, 5.41) is 0. The molecule has 2 N–H and O–H groups in total. The van der Waals surface area contributed by atoms with Crippen LogP contribution in [0.4, 0.5) is 8.78 Å². The van der Waals surface area contributed by atoms with Crippen LogP contribution in [-0.2, 0) is 4.74 Å². The van der Waals surface area contributed by atoms with Gasteiger partial charge in [0.25, 0.3) is 0 Å². The van der Waals surface area contributed by atoms with E-state index in [-0.39, 0.29) is 12.1 Å². The van der Waals surface area contributed by atoms with Crippen molar-refractivity contribution in [1.82, 2.24) is 0 Å². The molecule has 0 spiro atoms. The Morgan fingerprint density at radius 1 is 1.33 bits per heavy atom. The average molecular weight is 213 g/mol. The van der Waals surface area contributed by atoms with Gasteiger partial charge >= 0.3 is 0 Å². The first kappa shape index (κ1) is 10.5. The molecule has 2 atom stereocenters. The van der Waals surface area contributed by atoms with Crippen molar-refractivity contribution in [3.05, 3.63) is 35.4 Å². The molecule has 0 saturated carbocycles. The number of ether oxygens (including phenoxy) is 1. The molecule has 0 bridgehead atoms. The monoisotopic (exact) mass is 213 g/mol. The fourth-order valence-electron chi connectivity index (χ4n) is 1.82. The van der Waals surface area contributed by atoms with E-state index < -0.39 is 11.6 Å². The van der Waals surface area contributed by atoms with Crippen molar-refractivity contribution >= 4 is 0 Å². The largest absolute Gasteiger partial charge is 0.376 e. The molecule has 2 rings (SSSR count). The van der Waals surface area contributed by atoms with E-state index in [0.717, 1.165) is 25.0 Å². The van der Waals surface area contributed by atoms with E-state index in [1.165, 1.54) is 6.07 Å². The molecule has 0 amide bonds. The van der Waals surface area contributed by atoms with Crippen LogP contribution >= 0.6 is 0 Å². The molecule has 0 aliphatic carbocycles. The zero-order valence-corrected chi connectivity index (χ0v) is 8.25. The molecule has 0 aromatic heterocycles. The maximum Gasteiger partial charge on any atom is 0.159 e. The van der Waals surface area contributed by atoms with E-state index in [9.17, 15) is 8.78 Å². The summed E-state index contributed by atoms with van der Waals surface area (Å²) in [5.74, 6) is -1.71. The van der Waals surface area contributed by atoms with Gasteiger partial charge in [-0.1, -0.05) is 6.07 Å². The Morgan fingerprint density at radius 2 is 2.13 bits per heavy atom. The first-order valence-corrected chi connectivity index (χ1v) is 5.00. The first-order chi connectivity index (χ1) is 7.18. The van der Waals surface area contributed by atoms with Crippen LogP contribution in [-0.4, -0.2) is 12.7 Å². The van der Waals surface area contributed by atoms with Gasteiger partial charge < -0.3 is 10.5 Å². The summed E-state index contributed by atoms with van der Waals surface area (Å²) >= 11 is 0. The highest BCUT2D eigenvalue weighted by molar-refractivity contribution is 5.22. The van der Waals surface area contributed by atoms with Crippen LogP contribution in [0.2, 0.25) is 0 Å². The van der Waals surface area contributed by atoms with Crippen LogP contribution < -0.4 is 5.73 Å². The van der Waals surface area contributed by atoms with E-state index in [4.69, 9.17) is 10.5 Å². The minimum absolute atomic E-state index is 0.0742. The fourth-order valence-corrected chi connectivity index (χ4v) is 1.82. The standard InChI is InChI=1S/C11H13F2NO/c12-8-4-3-7(6-9(8)13)11(14)10-2-1-5-15-10/h3-4,6,10-11H,1-2,5,14H2. The summed E-state index contributed by atoms with van der Waals surface area (Å²) in [4.78, 5) is 0. The van der Waals surface area contributed by atoms with Gasteiger partial charge in [0.05, 0.1) is 12.1 Å². The fraction of sp³-hybridized carbons (Fsp3) is 0.455. The summed E-state index contributed by atoms with van der Waals surface area (Å²) in [6, 6.07) is 3.37. The summed E-state index contributed by atoms with van der Waals surface area (Å²) in [6.45, 7) is 0.696. The van der Waals surface area contributed by atoms with Gasteiger partial charge in [0.2, 0.25) is 0 Å². The summed E-state index contributed by atoms with van der Waals surface area (Å²) in [5.41, 5.74) is 6.49. The van der Waals surface area contributed by atoms with Crippen molar-refractivity contribution < 1.29 is 13.5 Å². The Balaban J connectivity index is 2.17. The lowest BCUT2D eigenvalue weighted by atomic mass is 10.0. The Labute approximate surface area is 87.0 Å². The molecule has 1 saturated heterocycles. The SMILES string of the molecule is NC(c1ccc(F)c(F)c1)C1CCCO1. The van der Waals surface area contributed by atoms with E-state index in [1.54, 1.807) is 0 Å². The predicted molar refractivity (Wildman–Crippen MR) is 52.3 cm³/mol. The van der Waals surface area contributed by atoms with Gasteiger partial charge in [0, 0.05) is 6.61 Å². The molecule has 1 aliphatic heterocycles. The second-order valence-electron chi connectivity index (χ2n) is 3.75. The van der Waals surface area contributed by atoms with Crippen LogP contribution in [0.25, 0.3) is 0 Å². The second-order valence-corrected chi connectivity index (χ2v) is 3.75. The predicted octanol–water partition coefficient (Wildman–Crippen LogP) is 2.14. The molecule has 15 heavy (non-hydrogen) atoms. The highest BCUT2D eigenvalue weighted by Gasteiger charge is 2.24. The smallest absolute Gasteiger partial charge is 0.159 e. The Bertz CT molecular complexity index is 350. The zero-order chi connectivity index (χ0) is 10.8. The Kier molecular flexibility index (Phi) is 2.98. The molecule has 2 unspecified atom stereocenters. The zero-order valence-electron chi connectivity index (χ0n) is 8.25. The molecule has 1 aromatic rings. The highest BCUT2D eigenvalue weighted by atomic mass is 19.2. The van der Waals surface area contributed by atoms with Crippen molar-refractivity contribution in [3.8, 4) is 0 Å². The van der Waals surface area contributed by atoms with Gasteiger partial charge in [0.1, 0.15) is 0 Å². The number of rotatable bonds is 2. The summed E-state index contributed by atoms with van der Waals surface area (Å²) in [7, 11) is 0. The summed E-state index contributed by atoms with van der Waals surface area (Å²) in [6.07, 6.45) is 1.78. The third-order valence-electron chi connectivity index (χ3n) is 2.69. The maximum atomic E-state index is 13.0. The van der Waals surface area contributed by atoms with E-state index >= 15 is 0 Å². The molecule has 1 fully saturated rings. The van der Waals surface area contributed by atoms with Crippen molar-refractivity contribution in [2.24, 2.45) is 5.73 Å². The van der Waals surface area contributed by atoms with Crippen LogP contribution in [0.5, 0.6) is 0 Å². The number of hydrogen-bond donors (Lipinski definition) is 1. The molecule has 1 aromatic carbocycles. The molecule has 2 nitrogen and oxygen atoms in total. The number of nitrogens with two attached hydrogens (primary N) is 1. The van der Waals surface area contributed by atoms with Gasteiger partial charge in [-0.15, -0.1) is 0 Å². The number of halogens is 2. The molecule has 82 valence electrons. The lowest BCUT2D eigenvalue weighted by Crippen LogP contribution is -2.25. The second kappa shape index (κ2) is 4.24. The first-order valence-electron chi connectivity index (χ1n) is 5.00. The topological polar surface area (TPSA) is 35.2 Å². The highest BCUT2D eigenvalue weighted by Crippen LogP contribution is 2.25. The van der Waals surface area contributed by atoms with E-state index in [2.05, 4.69) is 0 Å². The lowest BCUT2D eigenvalue weighted by Gasteiger charge is -2.18. The van der Waals surface area contributed by atoms with Crippen molar-refractivity contribution in [2.45, 2.75) is 25.0 Å². The van der Waals surface area contributed by atoms with Crippen LogP contribution in [0.1, 0.15) is 24.4 Å². The molecule has 1 heterocycles. The quantitative estimate of drug-likeness (QED) is 0.816. The van der Waals surface area contributed by atoms with E-state index in [0.29, 0.717) is 12.2 Å².